The number of halogens is 1. The molecule has 0 radical (unpaired) electrons. The lowest BCUT2D eigenvalue weighted by molar-refractivity contribution is 0.478. The van der Waals surface area contributed by atoms with Crippen LogP contribution in [0.4, 0.5) is 4.39 Å². The van der Waals surface area contributed by atoms with Gasteiger partial charge in [0.05, 0.1) is 0 Å². The standard InChI is InChI=1S/C17H15FN2O2/c1-10(2)14-9-19-16-15(21)13(7-8-20(16)17(14)22)11-3-5-12(18)6-4-11/h3-10,21H,1-2H3. The van der Waals surface area contributed by atoms with Gasteiger partial charge in [-0.2, -0.15) is 0 Å². The van der Waals surface area contributed by atoms with Crippen molar-refractivity contribution in [3.8, 4) is 16.9 Å². The molecule has 2 heterocycles. The Morgan fingerprint density at radius 1 is 1.18 bits per heavy atom. The minimum Gasteiger partial charge on any atom is -0.504 e. The number of aromatic nitrogens is 2. The number of nitrogens with zero attached hydrogens (tertiary/aromatic N) is 2. The molecule has 1 N–H and O–H groups in total. The van der Waals surface area contributed by atoms with E-state index in [1.165, 1.54) is 22.7 Å². The summed E-state index contributed by atoms with van der Waals surface area (Å²) in [5.41, 5.74) is 1.75. The molecule has 112 valence electrons. The molecular formula is C17H15FN2O2. The van der Waals surface area contributed by atoms with Crippen LogP contribution < -0.4 is 5.56 Å². The number of benzene rings is 1. The molecular weight excluding hydrogens is 283 g/mol. The van der Waals surface area contributed by atoms with E-state index >= 15 is 0 Å². The second kappa shape index (κ2) is 5.26. The molecule has 0 fully saturated rings. The normalized spacial score (nSPS) is 11.3. The van der Waals surface area contributed by atoms with Crippen LogP contribution in [0, 0.1) is 5.82 Å². The summed E-state index contributed by atoms with van der Waals surface area (Å²) in [5, 5.41) is 10.4. The molecule has 0 aliphatic heterocycles. The Morgan fingerprint density at radius 2 is 1.86 bits per heavy atom. The summed E-state index contributed by atoms with van der Waals surface area (Å²) in [5.74, 6) is -0.391. The van der Waals surface area contributed by atoms with Crippen LogP contribution in [0.25, 0.3) is 16.8 Å². The quantitative estimate of drug-likeness (QED) is 0.789. The summed E-state index contributed by atoms with van der Waals surface area (Å²) in [6, 6.07) is 7.41. The van der Waals surface area contributed by atoms with Crippen LogP contribution in [-0.4, -0.2) is 14.5 Å². The molecule has 0 aliphatic rings. The van der Waals surface area contributed by atoms with E-state index in [-0.39, 0.29) is 28.7 Å². The van der Waals surface area contributed by atoms with Crippen molar-refractivity contribution in [2.45, 2.75) is 19.8 Å². The zero-order valence-electron chi connectivity index (χ0n) is 12.2. The summed E-state index contributed by atoms with van der Waals surface area (Å²) >= 11 is 0. The van der Waals surface area contributed by atoms with Crippen molar-refractivity contribution in [2.24, 2.45) is 0 Å². The van der Waals surface area contributed by atoms with E-state index in [4.69, 9.17) is 0 Å². The largest absolute Gasteiger partial charge is 0.504 e. The molecule has 0 atom stereocenters. The summed E-state index contributed by atoms with van der Waals surface area (Å²) in [6.07, 6.45) is 3.07. The van der Waals surface area contributed by atoms with Crippen LogP contribution in [-0.2, 0) is 0 Å². The number of rotatable bonds is 2. The maximum Gasteiger partial charge on any atom is 0.261 e. The van der Waals surface area contributed by atoms with Gasteiger partial charge in [-0.3, -0.25) is 9.20 Å². The van der Waals surface area contributed by atoms with E-state index in [9.17, 15) is 14.3 Å². The van der Waals surface area contributed by atoms with E-state index < -0.39 is 0 Å². The number of hydrogen-bond acceptors (Lipinski definition) is 3. The van der Waals surface area contributed by atoms with Gasteiger partial charge in [-0.25, -0.2) is 9.37 Å². The fourth-order valence-corrected chi connectivity index (χ4v) is 2.40. The van der Waals surface area contributed by atoms with Crippen LogP contribution in [0.2, 0.25) is 0 Å². The monoisotopic (exact) mass is 298 g/mol. The third kappa shape index (κ3) is 2.24. The molecule has 22 heavy (non-hydrogen) atoms. The Bertz CT molecular complexity index is 899. The van der Waals surface area contributed by atoms with Gasteiger partial charge in [-0.1, -0.05) is 26.0 Å². The molecule has 0 aliphatic carbocycles. The number of fused-ring (bicyclic) bond motifs is 1. The first-order chi connectivity index (χ1) is 10.5. The maximum absolute atomic E-state index is 13.0. The summed E-state index contributed by atoms with van der Waals surface area (Å²) in [7, 11) is 0. The van der Waals surface area contributed by atoms with E-state index in [1.807, 2.05) is 13.8 Å². The number of pyridine rings is 1. The molecule has 0 saturated heterocycles. The van der Waals surface area contributed by atoms with E-state index in [0.29, 0.717) is 16.7 Å². The zero-order chi connectivity index (χ0) is 15.9. The minimum absolute atomic E-state index is 0.0517. The predicted molar refractivity (Wildman–Crippen MR) is 82.6 cm³/mol. The Kier molecular flexibility index (Phi) is 3.41. The Hall–Kier alpha value is -2.69. The highest BCUT2D eigenvalue weighted by Crippen LogP contribution is 2.31. The SMILES string of the molecule is CC(C)c1cnc2c(O)c(-c3ccc(F)cc3)ccn2c1=O. The summed E-state index contributed by atoms with van der Waals surface area (Å²) in [4.78, 5) is 16.6. The first kappa shape index (κ1) is 14.3. The molecule has 0 amide bonds. The van der Waals surface area contributed by atoms with Crippen molar-refractivity contribution in [1.29, 1.82) is 0 Å². The lowest BCUT2D eigenvalue weighted by Crippen LogP contribution is -2.20. The third-order valence-corrected chi connectivity index (χ3v) is 3.65. The van der Waals surface area contributed by atoms with Crippen molar-refractivity contribution in [3.63, 3.8) is 0 Å². The first-order valence-electron chi connectivity index (χ1n) is 6.98. The molecule has 5 heteroatoms. The van der Waals surface area contributed by atoms with E-state index in [2.05, 4.69) is 4.98 Å². The van der Waals surface area contributed by atoms with Crippen molar-refractivity contribution in [3.05, 3.63) is 64.5 Å². The number of hydrogen-bond donors (Lipinski definition) is 1. The van der Waals surface area contributed by atoms with Gasteiger partial charge >= 0.3 is 0 Å². The highest BCUT2D eigenvalue weighted by Gasteiger charge is 2.14. The molecule has 0 unspecified atom stereocenters. The Morgan fingerprint density at radius 3 is 2.50 bits per heavy atom. The van der Waals surface area contributed by atoms with Gasteiger partial charge in [0.25, 0.3) is 5.56 Å². The van der Waals surface area contributed by atoms with Crippen LogP contribution in [0.3, 0.4) is 0 Å². The molecule has 4 nitrogen and oxygen atoms in total. The van der Waals surface area contributed by atoms with E-state index in [1.54, 1.807) is 24.4 Å². The molecule has 0 spiro atoms. The Balaban J connectivity index is 2.25. The minimum atomic E-state index is -0.347. The van der Waals surface area contributed by atoms with Crippen LogP contribution in [0.5, 0.6) is 5.75 Å². The van der Waals surface area contributed by atoms with Gasteiger partial charge in [-0.05, 0) is 29.7 Å². The topological polar surface area (TPSA) is 54.6 Å². The second-order valence-corrected chi connectivity index (χ2v) is 5.45. The molecule has 3 aromatic rings. The van der Waals surface area contributed by atoms with Gasteiger partial charge in [-0.15, -0.1) is 0 Å². The van der Waals surface area contributed by atoms with Crippen molar-refractivity contribution < 1.29 is 9.50 Å². The smallest absolute Gasteiger partial charge is 0.261 e. The molecule has 0 saturated carbocycles. The van der Waals surface area contributed by atoms with Crippen LogP contribution in [0.1, 0.15) is 25.3 Å². The average molecular weight is 298 g/mol. The molecule has 3 rings (SSSR count). The molecule has 0 bridgehead atoms. The second-order valence-electron chi connectivity index (χ2n) is 5.45. The maximum atomic E-state index is 13.0. The van der Waals surface area contributed by atoms with Gasteiger partial charge in [0.2, 0.25) is 0 Å². The van der Waals surface area contributed by atoms with Gasteiger partial charge in [0.15, 0.2) is 11.4 Å². The van der Waals surface area contributed by atoms with Crippen LogP contribution >= 0.6 is 0 Å². The lowest BCUT2D eigenvalue weighted by atomic mass is 10.1. The highest BCUT2D eigenvalue weighted by molar-refractivity contribution is 5.76. The van der Waals surface area contributed by atoms with Crippen molar-refractivity contribution in [2.75, 3.05) is 0 Å². The molecule has 1 aromatic carbocycles. The molecule has 2 aromatic heterocycles. The Labute approximate surface area is 126 Å². The van der Waals surface area contributed by atoms with Gasteiger partial charge in [0, 0.05) is 23.5 Å². The predicted octanol–water partition coefficient (Wildman–Crippen LogP) is 3.33. The average Bonchev–Trinajstić information content (AvgIpc) is 2.49. The lowest BCUT2D eigenvalue weighted by Gasteiger charge is -2.11. The third-order valence-electron chi connectivity index (χ3n) is 3.65. The van der Waals surface area contributed by atoms with Crippen molar-refractivity contribution >= 4 is 5.65 Å². The zero-order valence-corrected chi connectivity index (χ0v) is 12.2. The van der Waals surface area contributed by atoms with E-state index in [0.717, 1.165) is 0 Å². The van der Waals surface area contributed by atoms with Crippen molar-refractivity contribution in [1.82, 2.24) is 9.38 Å². The van der Waals surface area contributed by atoms with Gasteiger partial charge in [0.1, 0.15) is 5.82 Å². The summed E-state index contributed by atoms with van der Waals surface area (Å²) < 4.78 is 14.3. The highest BCUT2D eigenvalue weighted by atomic mass is 19.1. The van der Waals surface area contributed by atoms with Gasteiger partial charge < -0.3 is 5.11 Å². The fourth-order valence-electron chi connectivity index (χ4n) is 2.40. The van der Waals surface area contributed by atoms with Crippen LogP contribution in [0.15, 0.2) is 47.5 Å². The summed E-state index contributed by atoms with van der Waals surface area (Å²) in [6.45, 7) is 3.83. The first-order valence-corrected chi connectivity index (χ1v) is 6.98. The fraction of sp³-hybridized carbons (Fsp3) is 0.176. The number of aromatic hydroxyl groups is 1.